The normalized spacial score (nSPS) is 11.9. The van der Waals surface area contributed by atoms with Crippen LogP contribution >= 0.6 is 0 Å². The van der Waals surface area contributed by atoms with Crippen molar-refractivity contribution in [2.24, 2.45) is 0 Å². The van der Waals surface area contributed by atoms with E-state index in [-0.39, 0.29) is 0 Å². The van der Waals surface area contributed by atoms with E-state index in [1.54, 1.807) is 12.4 Å². The molecule has 5 aromatic carbocycles. The minimum atomic E-state index is 0.947. The van der Waals surface area contributed by atoms with Crippen LogP contribution in [0.25, 0.3) is 60.1 Å². The molecule has 0 N–H and O–H groups in total. The lowest BCUT2D eigenvalue weighted by atomic mass is 9.97. The molecule has 0 saturated carbocycles. The van der Waals surface area contributed by atoms with Gasteiger partial charge in [-0.05, 0) is 23.6 Å². The van der Waals surface area contributed by atoms with Crippen LogP contribution in [0.15, 0.2) is 103 Å². The van der Waals surface area contributed by atoms with Gasteiger partial charge in [-0.3, -0.25) is 9.97 Å². The molecule has 0 aliphatic rings. The molecule has 0 aliphatic carbocycles. The van der Waals surface area contributed by atoms with Crippen LogP contribution in [-0.4, -0.2) is 14.5 Å². The summed E-state index contributed by atoms with van der Waals surface area (Å²) in [5.74, 6) is 0. The van der Waals surface area contributed by atoms with Crippen LogP contribution in [0.1, 0.15) is 0 Å². The van der Waals surface area contributed by atoms with Crippen molar-refractivity contribution < 1.29 is 0 Å². The summed E-state index contributed by atoms with van der Waals surface area (Å²) in [6.07, 6.45) is 3.56. The van der Waals surface area contributed by atoms with Crippen molar-refractivity contribution in [3.8, 4) is 5.69 Å². The van der Waals surface area contributed by atoms with E-state index in [2.05, 4.69) is 95.6 Å². The molecule has 31 heavy (non-hydrogen) atoms. The van der Waals surface area contributed by atoms with Crippen LogP contribution in [-0.2, 0) is 0 Å². The van der Waals surface area contributed by atoms with Gasteiger partial charge in [0.15, 0.2) is 0 Å². The van der Waals surface area contributed by atoms with Gasteiger partial charge in [-0.2, -0.15) is 0 Å². The highest BCUT2D eigenvalue weighted by Crippen LogP contribution is 2.41. The minimum absolute atomic E-state index is 0.947. The first-order chi connectivity index (χ1) is 15.4. The molecule has 0 fully saturated rings. The van der Waals surface area contributed by atoms with Crippen LogP contribution in [0.3, 0.4) is 0 Å². The van der Waals surface area contributed by atoms with E-state index in [1.807, 2.05) is 0 Å². The second-order valence-corrected chi connectivity index (χ2v) is 7.87. The van der Waals surface area contributed by atoms with E-state index in [0.29, 0.717) is 0 Å². The fraction of sp³-hybridized carbons (Fsp3) is 0. The summed E-state index contributed by atoms with van der Waals surface area (Å²) in [6.45, 7) is 0. The maximum atomic E-state index is 4.75. The Kier molecular flexibility index (Phi) is 3.27. The Labute approximate surface area is 178 Å². The topological polar surface area (TPSA) is 30.7 Å². The molecule has 0 bridgehead atoms. The third kappa shape index (κ3) is 2.18. The lowest BCUT2D eigenvalue weighted by Crippen LogP contribution is -1.95. The maximum absolute atomic E-state index is 4.75. The van der Waals surface area contributed by atoms with Crippen molar-refractivity contribution in [1.29, 1.82) is 0 Å². The zero-order valence-electron chi connectivity index (χ0n) is 16.7. The monoisotopic (exact) mass is 395 g/mol. The van der Waals surface area contributed by atoms with E-state index < -0.39 is 0 Å². The number of hydrogen-bond donors (Lipinski definition) is 0. The van der Waals surface area contributed by atoms with Gasteiger partial charge in [0.2, 0.25) is 0 Å². The highest BCUT2D eigenvalue weighted by atomic mass is 15.0. The van der Waals surface area contributed by atoms with Crippen LogP contribution in [0.4, 0.5) is 0 Å². The Bertz CT molecular complexity index is 1740. The van der Waals surface area contributed by atoms with Crippen molar-refractivity contribution in [3.63, 3.8) is 0 Å². The fourth-order valence-corrected chi connectivity index (χ4v) is 5.01. The predicted molar refractivity (Wildman–Crippen MR) is 129 cm³/mol. The molecular formula is C28H17N3. The number of fused-ring (bicyclic) bond motifs is 10. The van der Waals surface area contributed by atoms with Gasteiger partial charge in [0.05, 0.1) is 22.1 Å². The summed E-state index contributed by atoms with van der Waals surface area (Å²) >= 11 is 0. The molecule has 0 atom stereocenters. The Morgan fingerprint density at radius 3 is 1.90 bits per heavy atom. The van der Waals surface area contributed by atoms with Crippen LogP contribution < -0.4 is 0 Å². The van der Waals surface area contributed by atoms with Gasteiger partial charge >= 0.3 is 0 Å². The molecule has 0 unspecified atom stereocenters. The predicted octanol–water partition coefficient (Wildman–Crippen LogP) is 7.03. The van der Waals surface area contributed by atoms with Crippen LogP contribution in [0.2, 0.25) is 0 Å². The zero-order chi connectivity index (χ0) is 20.4. The minimum Gasteiger partial charge on any atom is -0.309 e. The third-order valence-electron chi connectivity index (χ3n) is 6.26. The van der Waals surface area contributed by atoms with Gasteiger partial charge < -0.3 is 4.57 Å². The number of benzene rings is 5. The summed E-state index contributed by atoms with van der Waals surface area (Å²) in [6, 6.07) is 32.3. The van der Waals surface area contributed by atoms with Crippen molar-refractivity contribution >= 4 is 54.4 Å². The molecule has 0 radical (unpaired) electrons. The lowest BCUT2D eigenvalue weighted by Gasteiger charge is -2.13. The van der Waals surface area contributed by atoms with Gasteiger partial charge in [0.1, 0.15) is 0 Å². The molecule has 7 aromatic rings. The van der Waals surface area contributed by atoms with Crippen molar-refractivity contribution in [2.75, 3.05) is 0 Å². The summed E-state index contributed by atoms with van der Waals surface area (Å²) in [4.78, 5) is 9.44. The van der Waals surface area contributed by atoms with E-state index in [9.17, 15) is 0 Å². The Morgan fingerprint density at radius 1 is 0.484 bits per heavy atom. The van der Waals surface area contributed by atoms with Crippen molar-refractivity contribution in [1.82, 2.24) is 14.5 Å². The summed E-state index contributed by atoms with van der Waals surface area (Å²) < 4.78 is 2.39. The number of aromatic nitrogens is 3. The zero-order valence-corrected chi connectivity index (χ0v) is 16.7. The van der Waals surface area contributed by atoms with Crippen molar-refractivity contribution in [3.05, 3.63) is 103 Å². The van der Waals surface area contributed by atoms with Gasteiger partial charge in [0, 0.05) is 45.0 Å². The van der Waals surface area contributed by atoms with Gasteiger partial charge in [-0.25, -0.2) is 0 Å². The molecule has 144 valence electrons. The smallest absolute Gasteiger partial charge is 0.0972 e. The average molecular weight is 395 g/mol. The highest BCUT2D eigenvalue weighted by molar-refractivity contribution is 6.32. The second kappa shape index (κ2) is 6.13. The average Bonchev–Trinajstić information content (AvgIpc) is 3.19. The molecule has 0 amide bonds. The van der Waals surface area contributed by atoms with Crippen LogP contribution in [0.5, 0.6) is 0 Å². The third-order valence-corrected chi connectivity index (χ3v) is 6.26. The quantitative estimate of drug-likeness (QED) is 0.279. The summed E-state index contributed by atoms with van der Waals surface area (Å²) in [5, 5.41) is 7.20. The first-order valence-corrected chi connectivity index (χ1v) is 10.4. The maximum Gasteiger partial charge on any atom is 0.0972 e. The molecule has 0 saturated heterocycles. The standard InChI is InChI=1S/C28H17N3/c1-2-8-18(9-3-1)31-24-13-7-6-10-19(24)22-14-15-23-25(28(22)31)20-11-4-5-12-21(20)26-27(23)30-17-16-29-26/h1-17H. The van der Waals surface area contributed by atoms with Gasteiger partial charge in [0.25, 0.3) is 0 Å². The summed E-state index contributed by atoms with van der Waals surface area (Å²) in [7, 11) is 0. The second-order valence-electron chi connectivity index (χ2n) is 7.87. The molecule has 0 spiro atoms. The SMILES string of the molecule is c1ccc(-n2c3ccccc3c3ccc4c5nccnc5c5ccccc5c4c32)cc1. The largest absolute Gasteiger partial charge is 0.309 e. The lowest BCUT2D eigenvalue weighted by molar-refractivity contribution is 1.19. The first kappa shape index (κ1) is 16.5. The van der Waals surface area contributed by atoms with Gasteiger partial charge in [-0.15, -0.1) is 0 Å². The summed E-state index contributed by atoms with van der Waals surface area (Å²) in [5.41, 5.74) is 5.48. The number of rotatable bonds is 1. The first-order valence-electron chi connectivity index (χ1n) is 10.4. The Hall–Kier alpha value is -4.24. The molecule has 2 heterocycles. The number of para-hydroxylation sites is 2. The fourth-order valence-electron chi connectivity index (χ4n) is 5.01. The Balaban J connectivity index is 1.86. The highest BCUT2D eigenvalue weighted by Gasteiger charge is 2.18. The van der Waals surface area contributed by atoms with E-state index >= 15 is 0 Å². The molecule has 0 aliphatic heterocycles. The van der Waals surface area contributed by atoms with Crippen LogP contribution in [0, 0.1) is 0 Å². The number of nitrogens with zero attached hydrogens (tertiary/aromatic N) is 3. The molecule has 7 rings (SSSR count). The molecular weight excluding hydrogens is 378 g/mol. The van der Waals surface area contributed by atoms with Crippen molar-refractivity contribution in [2.45, 2.75) is 0 Å². The van der Waals surface area contributed by atoms with E-state index in [1.165, 1.54) is 32.6 Å². The van der Waals surface area contributed by atoms with Gasteiger partial charge in [-0.1, -0.05) is 72.8 Å². The van der Waals surface area contributed by atoms with E-state index in [4.69, 9.17) is 9.97 Å². The molecule has 3 nitrogen and oxygen atoms in total. The van der Waals surface area contributed by atoms with E-state index in [0.717, 1.165) is 27.5 Å². The molecule has 3 heteroatoms. The number of hydrogen-bond acceptors (Lipinski definition) is 2. The molecule has 2 aromatic heterocycles. The Morgan fingerprint density at radius 2 is 1.10 bits per heavy atom.